The minimum absolute atomic E-state index is 0.105. The highest BCUT2D eigenvalue weighted by Gasteiger charge is 2.20. The van der Waals surface area contributed by atoms with Gasteiger partial charge in [-0.3, -0.25) is 4.79 Å². The third-order valence-electron chi connectivity index (χ3n) is 4.41. The van der Waals surface area contributed by atoms with Crippen molar-refractivity contribution in [1.29, 1.82) is 0 Å². The molecule has 7 heteroatoms. The van der Waals surface area contributed by atoms with Gasteiger partial charge in [0.1, 0.15) is 18.1 Å². The number of amides is 1. The van der Waals surface area contributed by atoms with Gasteiger partial charge in [-0.2, -0.15) is 0 Å². The Hall–Kier alpha value is -1.76. The summed E-state index contributed by atoms with van der Waals surface area (Å²) in [6.07, 6.45) is 1.45. The molecule has 28 heavy (non-hydrogen) atoms. The van der Waals surface area contributed by atoms with Crippen LogP contribution >= 0.6 is 27.5 Å². The first-order valence-electron chi connectivity index (χ1n) is 9.20. The molecule has 150 valence electrons. The van der Waals surface area contributed by atoms with E-state index < -0.39 is 6.10 Å². The van der Waals surface area contributed by atoms with Crippen molar-refractivity contribution in [2.45, 2.75) is 38.9 Å². The van der Waals surface area contributed by atoms with Crippen molar-refractivity contribution in [3.8, 4) is 11.5 Å². The summed E-state index contributed by atoms with van der Waals surface area (Å²) in [5.41, 5.74) is 1.66. The van der Waals surface area contributed by atoms with Crippen LogP contribution in [0.1, 0.15) is 25.3 Å². The molecule has 0 aromatic heterocycles. The molecule has 2 unspecified atom stereocenters. The Morgan fingerprint density at radius 1 is 1.32 bits per heavy atom. The van der Waals surface area contributed by atoms with Crippen LogP contribution < -0.4 is 14.8 Å². The van der Waals surface area contributed by atoms with Gasteiger partial charge in [-0.25, -0.2) is 0 Å². The summed E-state index contributed by atoms with van der Waals surface area (Å²) in [4.78, 5) is 12.6. The fourth-order valence-corrected chi connectivity index (χ4v) is 3.64. The van der Waals surface area contributed by atoms with Crippen LogP contribution in [0.15, 0.2) is 40.9 Å². The van der Waals surface area contributed by atoms with Gasteiger partial charge in [0.15, 0.2) is 6.10 Å². The fourth-order valence-electron chi connectivity index (χ4n) is 2.86. The van der Waals surface area contributed by atoms with E-state index in [1.807, 2.05) is 25.1 Å². The van der Waals surface area contributed by atoms with Crippen LogP contribution in [-0.2, 0) is 9.53 Å². The molecular weight excluding hydrogens is 446 g/mol. The Kier molecular flexibility index (Phi) is 7.21. The third-order valence-corrected chi connectivity index (χ3v) is 5.27. The molecule has 1 amide bonds. The van der Waals surface area contributed by atoms with Crippen molar-refractivity contribution in [2.75, 3.05) is 18.5 Å². The predicted octanol–water partition coefficient (Wildman–Crippen LogP) is 5.37. The Labute approximate surface area is 178 Å². The largest absolute Gasteiger partial charge is 0.489 e. The van der Waals surface area contributed by atoms with Crippen molar-refractivity contribution in [1.82, 2.24) is 0 Å². The second kappa shape index (κ2) is 9.63. The first kappa shape index (κ1) is 21.0. The van der Waals surface area contributed by atoms with E-state index in [2.05, 4.69) is 21.2 Å². The summed E-state index contributed by atoms with van der Waals surface area (Å²) in [7, 11) is 0. The fraction of sp³-hybridized carbons (Fsp3) is 0.381. The summed E-state index contributed by atoms with van der Waals surface area (Å²) in [5.74, 6) is 0.905. The Balaban J connectivity index is 1.65. The average molecular weight is 469 g/mol. The number of carbonyl (C=O) groups excluding carboxylic acids is 1. The maximum atomic E-state index is 12.6. The number of rotatable bonds is 7. The highest BCUT2D eigenvalue weighted by molar-refractivity contribution is 9.10. The summed E-state index contributed by atoms with van der Waals surface area (Å²) >= 11 is 9.33. The van der Waals surface area contributed by atoms with E-state index in [4.69, 9.17) is 25.8 Å². The summed E-state index contributed by atoms with van der Waals surface area (Å²) in [6, 6.07) is 10.8. The number of halogens is 2. The molecule has 1 aliphatic heterocycles. The van der Waals surface area contributed by atoms with Crippen molar-refractivity contribution in [3.05, 3.63) is 51.5 Å². The van der Waals surface area contributed by atoms with Gasteiger partial charge in [-0.1, -0.05) is 17.7 Å². The molecule has 2 atom stereocenters. The lowest BCUT2D eigenvalue weighted by atomic mass is 10.2. The smallest absolute Gasteiger partial charge is 0.265 e. The molecule has 2 aromatic rings. The lowest BCUT2D eigenvalue weighted by Gasteiger charge is -2.19. The lowest BCUT2D eigenvalue weighted by Crippen LogP contribution is -2.30. The molecule has 0 saturated carbocycles. The van der Waals surface area contributed by atoms with Crippen molar-refractivity contribution >= 4 is 39.1 Å². The van der Waals surface area contributed by atoms with Crippen molar-refractivity contribution in [2.24, 2.45) is 0 Å². The number of aryl methyl sites for hydroxylation is 1. The number of benzene rings is 2. The van der Waals surface area contributed by atoms with Crippen LogP contribution in [0.25, 0.3) is 0 Å². The number of ether oxygens (including phenoxy) is 3. The van der Waals surface area contributed by atoms with Crippen molar-refractivity contribution < 1.29 is 19.0 Å². The lowest BCUT2D eigenvalue weighted by molar-refractivity contribution is -0.122. The van der Waals surface area contributed by atoms with Crippen LogP contribution in [0.5, 0.6) is 11.5 Å². The van der Waals surface area contributed by atoms with Gasteiger partial charge in [0, 0.05) is 11.6 Å². The molecule has 5 nitrogen and oxygen atoms in total. The minimum Gasteiger partial charge on any atom is -0.489 e. The number of carbonyl (C=O) groups is 1. The van der Waals surface area contributed by atoms with Crippen LogP contribution in [-0.4, -0.2) is 31.3 Å². The molecule has 0 bridgehead atoms. The SMILES string of the molecule is Cc1ccc(NC(=O)C(C)Oc2ccc(Cl)cc2Br)c(OCC2CCCO2)c1. The minimum atomic E-state index is -0.704. The summed E-state index contributed by atoms with van der Waals surface area (Å²) in [5, 5.41) is 3.48. The molecule has 1 heterocycles. The quantitative estimate of drug-likeness (QED) is 0.593. The van der Waals surface area contributed by atoms with Gasteiger partial charge in [0.25, 0.3) is 5.91 Å². The van der Waals surface area contributed by atoms with Gasteiger partial charge >= 0.3 is 0 Å². The van der Waals surface area contributed by atoms with Gasteiger partial charge in [0.2, 0.25) is 0 Å². The van der Waals surface area contributed by atoms with Gasteiger partial charge in [-0.05, 0) is 78.5 Å². The van der Waals surface area contributed by atoms with E-state index >= 15 is 0 Å². The van der Waals surface area contributed by atoms with E-state index in [-0.39, 0.29) is 12.0 Å². The van der Waals surface area contributed by atoms with Gasteiger partial charge < -0.3 is 19.5 Å². The number of nitrogens with one attached hydrogen (secondary N) is 1. The zero-order chi connectivity index (χ0) is 20.1. The summed E-state index contributed by atoms with van der Waals surface area (Å²) < 4.78 is 18.0. The third kappa shape index (κ3) is 5.63. The highest BCUT2D eigenvalue weighted by atomic mass is 79.9. The van der Waals surface area contributed by atoms with E-state index in [1.165, 1.54) is 0 Å². The zero-order valence-corrected chi connectivity index (χ0v) is 18.2. The maximum Gasteiger partial charge on any atom is 0.265 e. The predicted molar refractivity (Wildman–Crippen MR) is 114 cm³/mol. The molecule has 1 N–H and O–H groups in total. The van der Waals surface area contributed by atoms with E-state index in [0.29, 0.717) is 33.3 Å². The van der Waals surface area contributed by atoms with Crippen LogP contribution in [0.2, 0.25) is 5.02 Å². The van der Waals surface area contributed by atoms with Crippen LogP contribution in [0.3, 0.4) is 0 Å². The Morgan fingerprint density at radius 2 is 2.14 bits per heavy atom. The summed E-state index contributed by atoms with van der Waals surface area (Å²) in [6.45, 7) is 4.92. The van der Waals surface area contributed by atoms with E-state index in [9.17, 15) is 4.79 Å². The number of hydrogen-bond donors (Lipinski definition) is 1. The first-order chi connectivity index (χ1) is 13.4. The highest BCUT2D eigenvalue weighted by Crippen LogP contribution is 2.30. The van der Waals surface area contributed by atoms with Gasteiger partial charge in [-0.15, -0.1) is 0 Å². The molecule has 1 aliphatic rings. The molecule has 0 radical (unpaired) electrons. The zero-order valence-electron chi connectivity index (χ0n) is 15.8. The number of anilines is 1. The number of hydrogen-bond acceptors (Lipinski definition) is 4. The van der Waals surface area contributed by atoms with Crippen molar-refractivity contribution in [3.63, 3.8) is 0 Å². The molecule has 2 aromatic carbocycles. The van der Waals surface area contributed by atoms with Gasteiger partial charge in [0.05, 0.1) is 16.3 Å². The monoisotopic (exact) mass is 467 g/mol. The first-order valence-corrected chi connectivity index (χ1v) is 10.4. The second-order valence-electron chi connectivity index (χ2n) is 6.77. The standard InChI is InChI=1S/C21H23BrClNO4/c1-13-5-7-18(20(10-13)27-12-16-4-3-9-26-16)24-21(25)14(2)28-19-8-6-15(23)11-17(19)22/h5-8,10-11,14,16H,3-4,9,12H2,1-2H3,(H,24,25). The maximum absolute atomic E-state index is 12.6. The van der Waals surface area contributed by atoms with Crippen LogP contribution in [0, 0.1) is 6.92 Å². The molecule has 1 fully saturated rings. The molecular formula is C21H23BrClNO4. The molecule has 0 aliphatic carbocycles. The Morgan fingerprint density at radius 3 is 2.86 bits per heavy atom. The van der Waals surface area contributed by atoms with E-state index in [0.717, 1.165) is 25.0 Å². The second-order valence-corrected chi connectivity index (χ2v) is 8.06. The molecule has 3 rings (SSSR count). The Bertz CT molecular complexity index is 839. The molecule has 0 spiro atoms. The topological polar surface area (TPSA) is 56.8 Å². The average Bonchev–Trinajstić information content (AvgIpc) is 3.17. The van der Waals surface area contributed by atoms with E-state index in [1.54, 1.807) is 25.1 Å². The molecule has 1 saturated heterocycles. The normalized spacial score (nSPS) is 17.2. The van der Waals surface area contributed by atoms with Crippen LogP contribution in [0.4, 0.5) is 5.69 Å².